The van der Waals surface area contributed by atoms with Gasteiger partial charge in [0.2, 0.25) is 0 Å². The molecular weight excluding hydrogens is 246 g/mol. The van der Waals surface area contributed by atoms with Crippen molar-refractivity contribution in [3.8, 4) is 0 Å². The number of allylic oxidation sites excluding steroid dienone is 2. The highest BCUT2D eigenvalue weighted by Gasteiger charge is 2.32. The Hall–Kier alpha value is -0.640. The molecular formula is C14H23NO2S. The lowest BCUT2D eigenvalue weighted by Gasteiger charge is -2.26. The fourth-order valence-corrected chi connectivity index (χ4v) is 3.87. The van der Waals surface area contributed by atoms with E-state index in [-0.39, 0.29) is 6.09 Å². The van der Waals surface area contributed by atoms with E-state index in [0.29, 0.717) is 11.2 Å². The highest BCUT2D eigenvalue weighted by Crippen LogP contribution is 2.41. The second-order valence-electron chi connectivity index (χ2n) is 6.14. The third-order valence-electron chi connectivity index (χ3n) is 3.33. The quantitative estimate of drug-likeness (QED) is 0.672. The van der Waals surface area contributed by atoms with Crippen LogP contribution >= 0.6 is 11.8 Å². The molecule has 0 aliphatic carbocycles. The second kappa shape index (κ2) is 5.16. The molecule has 0 aromatic carbocycles. The normalized spacial score (nSPS) is 28.4. The number of fused-ring (bicyclic) bond motifs is 1. The standard InChI is InChI=1S/C14H23NO2S/c1-10-9-11-5-7-15(8-6-12(11)18-10)13(16)17-14(2,3)4/h9,11-12H,5-8H2,1-4H3. The van der Waals surface area contributed by atoms with Crippen molar-refractivity contribution in [1.29, 1.82) is 0 Å². The molecule has 0 bridgehead atoms. The van der Waals surface area contributed by atoms with Gasteiger partial charge in [-0.3, -0.25) is 0 Å². The zero-order chi connectivity index (χ0) is 13.3. The largest absolute Gasteiger partial charge is 0.444 e. The topological polar surface area (TPSA) is 29.5 Å². The zero-order valence-corrected chi connectivity index (χ0v) is 12.5. The molecule has 0 aromatic rings. The molecule has 2 atom stereocenters. The Bertz CT molecular complexity index is 359. The molecule has 0 aromatic heterocycles. The molecule has 2 rings (SSSR count). The fourth-order valence-electron chi connectivity index (χ4n) is 2.53. The van der Waals surface area contributed by atoms with Gasteiger partial charge in [-0.05, 0) is 51.4 Å². The van der Waals surface area contributed by atoms with Gasteiger partial charge in [0.15, 0.2) is 0 Å². The Balaban J connectivity index is 1.92. The van der Waals surface area contributed by atoms with Crippen molar-refractivity contribution in [3.63, 3.8) is 0 Å². The molecule has 3 nitrogen and oxygen atoms in total. The average molecular weight is 269 g/mol. The van der Waals surface area contributed by atoms with Crippen molar-refractivity contribution in [1.82, 2.24) is 4.90 Å². The molecule has 2 heterocycles. The van der Waals surface area contributed by atoms with Gasteiger partial charge in [-0.25, -0.2) is 4.79 Å². The summed E-state index contributed by atoms with van der Waals surface area (Å²) in [7, 11) is 0. The number of likely N-dealkylation sites (tertiary alicyclic amines) is 1. The highest BCUT2D eigenvalue weighted by molar-refractivity contribution is 8.03. The molecule has 1 fully saturated rings. The molecule has 2 aliphatic heterocycles. The highest BCUT2D eigenvalue weighted by atomic mass is 32.2. The van der Waals surface area contributed by atoms with Crippen molar-refractivity contribution >= 4 is 17.9 Å². The number of rotatable bonds is 0. The van der Waals surface area contributed by atoms with Crippen LogP contribution in [-0.4, -0.2) is 34.9 Å². The van der Waals surface area contributed by atoms with Gasteiger partial charge in [0, 0.05) is 18.3 Å². The van der Waals surface area contributed by atoms with E-state index in [9.17, 15) is 4.79 Å². The zero-order valence-electron chi connectivity index (χ0n) is 11.7. The minimum Gasteiger partial charge on any atom is -0.444 e. The maximum atomic E-state index is 12.0. The van der Waals surface area contributed by atoms with Crippen molar-refractivity contribution in [3.05, 3.63) is 11.0 Å². The van der Waals surface area contributed by atoms with Crippen LogP contribution in [0.15, 0.2) is 11.0 Å². The first-order valence-electron chi connectivity index (χ1n) is 6.68. The number of carbonyl (C=O) groups excluding carboxylic acids is 1. The first-order chi connectivity index (χ1) is 8.35. The number of nitrogens with zero attached hydrogens (tertiary/aromatic N) is 1. The van der Waals surface area contributed by atoms with Crippen LogP contribution in [0.2, 0.25) is 0 Å². The number of hydrogen-bond donors (Lipinski definition) is 0. The number of carbonyl (C=O) groups is 1. The van der Waals surface area contributed by atoms with E-state index in [1.54, 1.807) is 0 Å². The molecule has 0 N–H and O–H groups in total. The summed E-state index contributed by atoms with van der Waals surface area (Å²) in [4.78, 5) is 15.3. The van der Waals surface area contributed by atoms with Gasteiger partial charge in [0.25, 0.3) is 0 Å². The van der Waals surface area contributed by atoms with Gasteiger partial charge in [0.1, 0.15) is 5.60 Å². The lowest BCUT2D eigenvalue weighted by molar-refractivity contribution is 0.0256. The van der Waals surface area contributed by atoms with Crippen LogP contribution in [0.3, 0.4) is 0 Å². The summed E-state index contributed by atoms with van der Waals surface area (Å²) >= 11 is 1.97. The van der Waals surface area contributed by atoms with Crippen molar-refractivity contribution in [2.75, 3.05) is 13.1 Å². The summed E-state index contributed by atoms with van der Waals surface area (Å²) in [6.45, 7) is 9.58. The first-order valence-corrected chi connectivity index (χ1v) is 7.56. The van der Waals surface area contributed by atoms with Crippen LogP contribution in [0, 0.1) is 5.92 Å². The number of ether oxygens (including phenoxy) is 1. The van der Waals surface area contributed by atoms with E-state index in [1.807, 2.05) is 37.4 Å². The molecule has 1 saturated heterocycles. The molecule has 2 aliphatic rings. The third-order valence-corrected chi connectivity index (χ3v) is 4.73. The second-order valence-corrected chi connectivity index (χ2v) is 7.63. The van der Waals surface area contributed by atoms with E-state index >= 15 is 0 Å². The summed E-state index contributed by atoms with van der Waals surface area (Å²) in [5, 5.41) is 0.664. The van der Waals surface area contributed by atoms with Gasteiger partial charge in [-0.2, -0.15) is 0 Å². The van der Waals surface area contributed by atoms with E-state index in [2.05, 4.69) is 13.0 Å². The van der Waals surface area contributed by atoms with Gasteiger partial charge in [0.05, 0.1) is 0 Å². The van der Waals surface area contributed by atoms with Crippen molar-refractivity contribution in [2.45, 2.75) is 51.4 Å². The Morgan fingerprint density at radius 2 is 2.06 bits per heavy atom. The predicted molar refractivity (Wildman–Crippen MR) is 75.7 cm³/mol. The summed E-state index contributed by atoms with van der Waals surface area (Å²) in [6, 6.07) is 0. The van der Waals surface area contributed by atoms with E-state index in [1.165, 1.54) is 4.91 Å². The smallest absolute Gasteiger partial charge is 0.410 e. The Kier molecular flexibility index (Phi) is 3.95. The van der Waals surface area contributed by atoms with Crippen LogP contribution in [0.5, 0.6) is 0 Å². The molecule has 0 spiro atoms. The monoisotopic (exact) mass is 269 g/mol. The summed E-state index contributed by atoms with van der Waals surface area (Å²) in [5.41, 5.74) is -0.398. The Morgan fingerprint density at radius 3 is 2.72 bits per heavy atom. The van der Waals surface area contributed by atoms with E-state index in [4.69, 9.17) is 4.74 Å². The molecule has 0 radical (unpaired) electrons. The lowest BCUT2D eigenvalue weighted by Crippen LogP contribution is -2.37. The Morgan fingerprint density at radius 1 is 1.39 bits per heavy atom. The molecule has 1 amide bonds. The number of thioether (sulfide) groups is 1. The maximum Gasteiger partial charge on any atom is 0.410 e. The van der Waals surface area contributed by atoms with E-state index < -0.39 is 5.60 Å². The maximum absolute atomic E-state index is 12.0. The molecule has 18 heavy (non-hydrogen) atoms. The molecule has 2 unspecified atom stereocenters. The first kappa shape index (κ1) is 13.8. The van der Waals surface area contributed by atoms with Gasteiger partial charge >= 0.3 is 6.09 Å². The van der Waals surface area contributed by atoms with E-state index in [0.717, 1.165) is 25.9 Å². The third kappa shape index (κ3) is 3.44. The minimum absolute atomic E-state index is 0.159. The summed E-state index contributed by atoms with van der Waals surface area (Å²) in [6.07, 6.45) is 4.35. The van der Waals surface area contributed by atoms with Crippen molar-refractivity contribution in [2.24, 2.45) is 5.92 Å². The fraction of sp³-hybridized carbons (Fsp3) is 0.786. The van der Waals surface area contributed by atoms with Crippen LogP contribution in [0.25, 0.3) is 0 Å². The molecule has 0 saturated carbocycles. The van der Waals surface area contributed by atoms with Crippen LogP contribution in [0.4, 0.5) is 4.79 Å². The molecule has 102 valence electrons. The van der Waals surface area contributed by atoms with Crippen LogP contribution < -0.4 is 0 Å². The molecule has 4 heteroatoms. The number of hydrogen-bond acceptors (Lipinski definition) is 3. The van der Waals surface area contributed by atoms with Crippen molar-refractivity contribution < 1.29 is 9.53 Å². The summed E-state index contributed by atoms with van der Waals surface area (Å²) in [5.74, 6) is 0.641. The van der Waals surface area contributed by atoms with Gasteiger partial charge in [-0.15, -0.1) is 11.8 Å². The predicted octanol–water partition coefficient (Wildman–Crippen LogP) is 3.65. The SMILES string of the molecule is CC1=CC2CCN(C(=O)OC(C)(C)C)CCC2S1. The van der Waals surface area contributed by atoms with Crippen LogP contribution in [0.1, 0.15) is 40.5 Å². The minimum atomic E-state index is -0.398. The van der Waals surface area contributed by atoms with Gasteiger partial charge in [-0.1, -0.05) is 6.08 Å². The number of amides is 1. The average Bonchev–Trinajstić information content (AvgIpc) is 2.45. The summed E-state index contributed by atoms with van der Waals surface area (Å²) < 4.78 is 5.44. The van der Waals surface area contributed by atoms with Crippen LogP contribution in [-0.2, 0) is 4.74 Å². The van der Waals surface area contributed by atoms with Gasteiger partial charge < -0.3 is 9.64 Å². The lowest BCUT2D eigenvalue weighted by atomic mass is 10.0. The Labute approximate surface area is 114 Å².